The Morgan fingerprint density at radius 2 is 2.00 bits per heavy atom. The molecule has 0 saturated heterocycles. The van der Waals surface area contributed by atoms with Gasteiger partial charge in [-0.2, -0.15) is 0 Å². The first-order valence-electron chi connectivity index (χ1n) is 3.92. The molecule has 0 aliphatic rings. The number of carbonyl (C=O) groups excluding carboxylic acids is 1. The lowest BCUT2D eigenvalue weighted by atomic mass is 10.1. The van der Waals surface area contributed by atoms with Crippen molar-refractivity contribution in [3.05, 3.63) is 0 Å². The Labute approximate surface area is 68.1 Å². The Balaban J connectivity index is 3.57. The van der Waals surface area contributed by atoms with E-state index in [-0.39, 0.29) is 18.6 Å². The van der Waals surface area contributed by atoms with Crippen molar-refractivity contribution in [2.75, 3.05) is 13.6 Å². The van der Waals surface area contributed by atoms with Gasteiger partial charge in [0.2, 0.25) is 0 Å². The lowest BCUT2D eigenvalue weighted by Gasteiger charge is -2.16. The van der Waals surface area contributed by atoms with Crippen LogP contribution in [0.3, 0.4) is 0 Å². The normalized spacial score (nSPS) is 13.2. The summed E-state index contributed by atoms with van der Waals surface area (Å²) in [5.41, 5.74) is 0. The number of hydrogen-bond acceptors (Lipinski definition) is 3. The summed E-state index contributed by atoms with van der Waals surface area (Å²) < 4.78 is 5.05. The lowest BCUT2D eigenvalue weighted by molar-refractivity contribution is -0.148. The van der Waals surface area contributed by atoms with Crippen LogP contribution in [0.2, 0.25) is 0 Å². The van der Waals surface area contributed by atoms with E-state index in [0.717, 1.165) is 0 Å². The van der Waals surface area contributed by atoms with E-state index in [2.05, 4.69) is 5.32 Å². The minimum absolute atomic E-state index is 0.0100. The Morgan fingerprint density at radius 3 is 2.36 bits per heavy atom. The number of nitrogens with one attached hydrogen (secondary N) is 1. The predicted octanol–water partition coefficient (Wildman–Crippen LogP) is 0.793. The molecule has 0 aliphatic heterocycles. The smallest absolute Gasteiger partial charge is 0.320 e. The van der Waals surface area contributed by atoms with Crippen molar-refractivity contribution in [2.24, 2.45) is 5.92 Å². The quantitative estimate of drug-likeness (QED) is 0.616. The van der Waals surface area contributed by atoms with E-state index in [1.807, 2.05) is 20.8 Å². The first kappa shape index (κ1) is 10.4. The SMILES string of the molecule is CNCC(=O)OC(C)C(C)C. The van der Waals surface area contributed by atoms with Gasteiger partial charge in [-0.3, -0.25) is 4.79 Å². The predicted molar refractivity (Wildman–Crippen MR) is 44.3 cm³/mol. The van der Waals surface area contributed by atoms with Crippen LogP contribution < -0.4 is 5.32 Å². The van der Waals surface area contributed by atoms with Gasteiger partial charge in [0.15, 0.2) is 0 Å². The van der Waals surface area contributed by atoms with Gasteiger partial charge in [0, 0.05) is 0 Å². The molecule has 0 aromatic heterocycles. The summed E-state index contributed by atoms with van der Waals surface area (Å²) >= 11 is 0. The third-order valence-electron chi connectivity index (χ3n) is 1.58. The average Bonchev–Trinajstić information content (AvgIpc) is 1.87. The first-order valence-corrected chi connectivity index (χ1v) is 3.92. The van der Waals surface area contributed by atoms with Gasteiger partial charge in [-0.25, -0.2) is 0 Å². The van der Waals surface area contributed by atoms with Crippen LogP contribution in [0.4, 0.5) is 0 Å². The van der Waals surface area contributed by atoms with Crippen LogP contribution in [0.25, 0.3) is 0 Å². The minimum Gasteiger partial charge on any atom is -0.461 e. The highest BCUT2D eigenvalue weighted by atomic mass is 16.5. The summed E-state index contributed by atoms with van der Waals surface area (Å²) in [5.74, 6) is 0.199. The van der Waals surface area contributed by atoms with Crippen LogP contribution in [0, 0.1) is 5.92 Å². The van der Waals surface area contributed by atoms with E-state index in [1.165, 1.54) is 0 Å². The number of likely N-dealkylation sites (N-methyl/N-ethyl adjacent to an activating group) is 1. The Bertz CT molecular complexity index is 123. The molecule has 0 saturated carbocycles. The molecule has 11 heavy (non-hydrogen) atoms. The van der Waals surface area contributed by atoms with Crippen LogP contribution in [-0.2, 0) is 9.53 Å². The maximum absolute atomic E-state index is 10.9. The van der Waals surface area contributed by atoms with Crippen molar-refractivity contribution in [1.29, 1.82) is 0 Å². The molecule has 0 rings (SSSR count). The molecule has 0 amide bonds. The van der Waals surface area contributed by atoms with Crippen molar-refractivity contribution in [3.63, 3.8) is 0 Å². The molecular weight excluding hydrogens is 142 g/mol. The van der Waals surface area contributed by atoms with Gasteiger partial charge >= 0.3 is 5.97 Å². The number of esters is 1. The van der Waals surface area contributed by atoms with E-state index in [9.17, 15) is 4.79 Å². The van der Waals surface area contributed by atoms with Crippen molar-refractivity contribution in [3.8, 4) is 0 Å². The van der Waals surface area contributed by atoms with Gasteiger partial charge < -0.3 is 10.1 Å². The van der Waals surface area contributed by atoms with Crippen LogP contribution in [-0.4, -0.2) is 25.7 Å². The van der Waals surface area contributed by atoms with Crippen LogP contribution >= 0.6 is 0 Å². The largest absolute Gasteiger partial charge is 0.461 e. The highest BCUT2D eigenvalue weighted by molar-refractivity contribution is 5.71. The summed E-state index contributed by atoms with van der Waals surface area (Å²) in [4.78, 5) is 10.9. The van der Waals surface area contributed by atoms with Crippen molar-refractivity contribution < 1.29 is 9.53 Å². The van der Waals surface area contributed by atoms with E-state index in [0.29, 0.717) is 5.92 Å². The second-order valence-electron chi connectivity index (χ2n) is 2.97. The zero-order valence-electron chi connectivity index (χ0n) is 7.68. The maximum Gasteiger partial charge on any atom is 0.320 e. The van der Waals surface area contributed by atoms with E-state index in [4.69, 9.17) is 4.74 Å². The molecule has 0 aromatic rings. The fourth-order valence-corrected chi connectivity index (χ4v) is 0.529. The fraction of sp³-hybridized carbons (Fsp3) is 0.875. The summed E-state index contributed by atoms with van der Waals surface area (Å²) in [6.45, 7) is 6.24. The van der Waals surface area contributed by atoms with Crippen LogP contribution in [0.15, 0.2) is 0 Å². The van der Waals surface area contributed by atoms with Gasteiger partial charge in [-0.1, -0.05) is 13.8 Å². The molecular formula is C8H17NO2. The number of carbonyl (C=O) groups is 1. The highest BCUT2D eigenvalue weighted by Gasteiger charge is 2.11. The molecule has 0 fully saturated rings. The third-order valence-corrected chi connectivity index (χ3v) is 1.58. The lowest BCUT2D eigenvalue weighted by Crippen LogP contribution is -2.27. The summed E-state index contributed by atoms with van der Waals surface area (Å²) in [6, 6.07) is 0. The second-order valence-corrected chi connectivity index (χ2v) is 2.97. The average molecular weight is 159 g/mol. The molecule has 1 atom stereocenters. The van der Waals surface area contributed by atoms with Gasteiger partial charge in [0.05, 0.1) is 6.54 Å². The van der Waals surface area contributed by atoms with E-state index in [1.54, 1.807) is 7.05 Å². The van der Waals surface area contributed by atoms with Crippen molar-refractivity contribution >= 4 is 5.97 Å². The number of ether oxygens (including phenoxy) is 1. The van der Waals surface area contributed by atoms with E-state index < -0.39 is 0 Å². The summed E-state index contributed by atoms with van der Waals surface area (Å²) in [6.07, 6.45) is 0.0100. The monoisotopic (exact) mass is 159 g/mol. The molecule has 0 bridgehead atoms. The van der Waals surface area contributed by atoms with Gasteiger partial charge in [-0.15, -0.1) is 0 Å². The highest BCUT2D eigenvalue weighted by Crippen LogP contribution is 2.04. The summed E-state index contributed by atoms with van der Waals surface area (Å²) in [5, 5.41) is 2.74. The van der Waals surface area contributed by atoms with Gasteiger partial charge in [0.25, 0.3) is 0 Å². The first-order chi connectivity index (χ1) is 5.07. The number of hydrogen-bond donors (Lipinski definition) is 1. The van der Waals surface area contributed by atoms with Gasteiger partial charge in [-0.05, 0) is 19.9 Å². The Hall–Kier alpha value is -0.570. The van der Waals surface area contributed by atoms with Crippen molar-refractivity contribution in [1.82, 2.24) is 5.32 Å². The zero-order chi connectivity index (χ0) is 8.85. The van der Waals surface area contributed by atoms with Gasteiger partial charge in [0.1, 0.15) is 6.10 Å². The van der Waals surface area contributed by atoms with Crippen LogP contribution in [0.1, 0.15) is 20.8 Å². The molecule has 1 unspecified atom stereocenters. The van der Waals surface area contributed by atoms with Crippen molar-refractivity contribution in [2.45, 2.75) is 26.9 Å². The summed E-state index contributed by atoms with van der Waals surface area (Å²) in [7, 11) is 1.72. The molecule has 0 spiro atoms. The standard InChI is InChI=1S/C8H17NO2/c1-6(2)7(3)11-8(10)5-9-4/h6-7,9H,5H2,1-4H3. The zero-order valence-corrected chi connectivity index (χ0v) is 7.68. The molecule has 66 valence electrons. The Morgan fingerprint density at radius 1 is 1.45 bits per heavy atom. The molecule has 0 aliphatic carbocycles. The topological polar surface area (TPSA) is 38.3 Å². The number of rotatable bonds is 4. The fourth-order valence-electron chi connectivity index (χ4n) is 0.529. The molecule has 1 N–H and O–H groups in total. The second kappa shape index (κ2) is 5.13. The molecule has 0 aromatic carbocycles. The molecule has 0 radical (unpaired) electrons. The van der Waals surface area contributed by atoms with Crippen LogP contribution in [0.5, 0.6) is 0 Å². The Kier molecular flexibility index (Phi) is 4.86. The minimum atomic E-state index is -0.186. The third kappa shape index (κ3) is 4.79. The van der Waals surface area contributed by atoms with E-state index >= 15 is 0 Å². The molecule has 3 heteroatoms. The maximum atomic E-state index is 10.9. The molecule has 0 heterocycles. The molecule has 3 nitrogen and oxygen atoms in total.